The summed E-state index contributed by atoms with van der Waals surface area (Å²) < 4.78 is 5.99. The number of amidine groups is 1. The van der Waals surface area contributed by atoms with Gasteiger partial charge in [0.1, 0.15) is 11.9 Å². The van der Waals surface area contributed by atoms with E-state index >= 15 is 0 Å². The number of nitrogens with zero attached hydrogens (tertiary/aromatic N) is 1. The average Bonchev–Trinajstić information content (AvgIpc) is 2.94. The summed E-state index contributed by atoms with van der Waals surface area (Å²) in [6, 6.07) is 12.8. The van der Waals surface area contributed by atoms with Crippen molar-refractivity contribution in [3.8, 4) is 0 Å². The lowest BCUT2D eigenvalue weighted by Gasteiger charge is -2.26. The topological polar surface area (TPSA) is 33.6 Å². The molecule has 0 aliphatic carbocycles. The highest BCUT2D eigenvalue weighted by Gasteiger charge is 2.27. The van der Waals surface area contributed by atoms with Crippen LogP contribution in [0.5, 0.6) is 0 Å². The Morgan fingerprint density at radius 1 is 1.16 bits per heavy atom. The van der Waals surface area contributed by atoms with Gasteiger partial charge in [0.25, 0.3) is 0 Å². The van der Waals surface area contributed by atoms with Crippen LogP contribution < -0.4 is 5.32 Å². The monoisotopic (exact) mass is 274 g/mol. The van der Waals surface area contributed by atoms with E-state index in [-0.39, 0.29) is 18.5 Å². The van der Waals surface area contributed by atoms with E-state index in [2.05, 4.69) is 46.7 Å². The maximum Gasteiger partial charge on any atom is 0.140 e. The van der Waals surface area contributed by atoms with Crippen LogP contribution in [0.2, 0.25) is 0 Å². The lowest BCUT2D eigenvalue weighted by molar-refractivity contribution is 0.0788. The molecule has 2 aliphatic rings. The van der Waals surface area contributed by atoms with E-state index in [0.717, 1.165) is 18.9 Å². The fourth-order valence-electron chi connectivity index (χ4n) is 2.87. The third kappa shape index (κ3) is 1.90. The summed E-state index contributed by atoms with van der Waals surface area (Å²) in [7, 11) is 0. The van der Waals surface area contributed by atoms with Gasteiger partial charge in [-0.25, -0.2) is 0 Å². The Hall–Kier alpha value is -1.58. The Morgan fingerprint density at radius 3 is 2.79 bits per heavy atom. The first kappa shape index (κ1) is 12.5. The maximum atomic E-state index is 5.99. The Kier molecular flexibility index (Phi) is 3.17. The van der Waals surface area contributed by atoms with Crippen LogP contribution >= 0.6 is 12.4 Å². The van der Waals surface area contributed by atoms with Crippen molar-refractivity contribution in [2.75, 3.05) is 13.1 Å². The molecule has 1 unspecified atom stereocenters. The molecule has 3 nitrogen and oxygen atoms in total. The maximum absolute atomic E-state index is 5.99. The summed E-state index contributed by atoms with van der Waals surface area (Å²) in [4.78, 5) is 4.50. The predicted octanol–water partition coefficient (Wildman–Crippen LogP) is 2.83. The van der Waals surface area contributed by atoms with Crippen molar-refractivity contribution < 1.29 is 4.74 Å². The Labute approximate surface area is 118 Å². The second-order valence-electron chi connectivity index (χ2n) is 4.75. The smallest absolute Gasteiger partial charge is 0.140 e. The van der Waals surface area contributed by atoms with Crippen molar-refractivity contribution in [1.29, 1.82) is 0 Å². The van der Waals surface area contributed by atoms with E-state index < -0.39 is 0 Å². The lowest BCUT2D eigenvalue weighted by Crippen LogP contribution is -2.29. The molecular formula is C15H15ClN2O. The molecule has 1 N–H and O–H groups in total. The van der Waals surface area contributed by atoms with Gasteiger partial charge in [-0.3, -0.25) is 4.99 Å². The molecule has 4 heteroatoms. The second-order valence-corrected chi connectivity index (χ2v) is 4.75. The van der Waals surface area contributed by atoms with Crippen LogP contribution in [0.4, 0.5) is 0 Å². The zero-order chi connectivity index (χ0) is 11.9. The molecule has 1 atom stereocenters. The van der Waals surface area contributed by atoms with E-state index in [9.17, 15) is 0 Å². The van der Waals surface area contributed by atoms with Gasteiger partial charge in [0.2, 0.25) is 0 Å². The number of benzene rings is 2. The van der Waals surface area contributed by atoms with Gasteiger partial charge in [0.15, 0.2) is 0 Å². The molecule has 0 aromatic heterocycles. The zero-order valence-electron chi connectivity index (χ0n) is 10.4. The minimum absolute atomic E-state index is 0. The number of aliphatic imine (C=N–C) groups is 1. The van der Waals surface area contributed by atoms with Gasteiger partial charge in [0.05, 0.1) is 13.2 Å². The average molecular weight is 275 g/mol. The van der Waals surface area contributed by atoms with Crippen LogP contribution in [-0.4, -0.2) is 18.9 Å². The fourth-order valence-corrected chi connectivity index (χ4v) is 2.87. The molecule has 2 aromatic carbocycles. The summed E-state index contributed by atoms with van der Waals surface area (Å²) in [5.41, 5.74) is 2.51. The van der Waals surface area contributed by atoms with Crippen LogP contribution in [0.1, 0.15) is 17.2 Å². The van der Waals surface area contributed by atoms with Crippen molar-refractivity contribution in [2.24, 2.45) is 4.99 Å². The summed E-state index contributed by atoms with van der Waals surface area (Å²) in [5, 5.41) is 5.95. The second kappa shape index (κ2) is 4.83. The van der Waals surface area contributed by atoms with Gasteiger partial charge in [-0.05, 0) is 21.9 Å². The first-order valence-electron chi connectivity index (χ1n) is 6.34. The van der Waals surface area contributed by atoms with Crippen LogP contribution in [0.25, 0.3) is 10.8 Å². The molecule has 2 aliphatic heterocycles. The summed E-state index contributed by atoms with van der Waals surface area (Å²) >= 11 is 0. The molecule has 98 valence electrons. The molecule has 4 rings (SSSR count). The minimum Gasteiger partial charge on any atom is -0.369 e. The molecular weight excluding hydrogens is 260 g/mol. The van der Waals surface area contributed by atoms with Crippen molar-refractivity contribution in [2.45, 2.75) is 12.7 Å². The Bertz CT molecular complexity index is 648. The van der Waals surface area contributed by atoms with E-state index in [1.54, 1.807) is 0 Å². The van der Waals surface area contributed by atoms with Gasteiger partial charge < -0.3 is 10.1 Å². The number of hydrogen-bond acceptors (Lipinski definition) is 3. The van der Waals surface area contributed by atoms with Gasteiger partial charge in [0, 0.05) is 6.54 Å². The quantitative estimate of drug-likeness (QED) is 0.868. The van der Waals surface area contributed by atoms with Gasteiger partial charge in [-0.2, -0.15) is 0 Å². The molecule has 0 radical (unpaired) electrons. The van der Waals surface area contributed by atoms with Gasteiger partial charge >= 0.3 is 0 Å². The van der Waals surface area contributed by atoms with E-state index in [4.69, 9.17) is 4.74 Å². The molecule has 0 saturated heterocycles. The molecule has 0 spiro atoms. The Morgan fingerprint density at radius 2 is 2.00 bits per heavy atom. The molecule has 2 heterocycles. The van der Waals surface area contributed by atoms with Crippen LogP contribution in [-0.2, 0) is 11.3 Å². The van der Waals surface area contributed by atoms with Crippen molar-refractivity contribution in [3.05, 3.63) is 47.5 Å². The highest BCUT2D eigenvalue weighted by Crippen LogP contribution is 2.35. The van der Waals surface area contributed by atoms with Crippen molar-refractivity contribution >= 4 is 29.0 Å². The van der Waals surface area contributed by atoms with E-state index in [0.29, 0.717) is 6.61 Å². The molecule has 0 saturated carbocycles. The minimum atomic E-state index is -0.0221. The summed E-state index contributed by atoms with van der Waals surface area (Å²) in [6.45, 7) is 2.44. The lowest BCUT2D eigenvalue weighted by atomic mass is 9.93. The highest BCUT2D eigenvalue weighted by atomic mass is 35.5. The number of halogens is 1. The van der Waals surface area contributed by atoms with Gasteiger partial charge in [-0.1, -0.05) is 36.4 Å². The van der Waals surface area contributed by atoms with Gasteiger partial charge in [-0.15, -0.1) is 12.4 Å². The van der Waals surface area contributed by atoms with E-state index in [1.165, 1.54) is 21.9 Å². The summed E-state index contributed by atoms with van der Waals surface area (Å²) in [6.07, 6.45) is -0.0221. The standard InChI is InChI=1S/C15H14N2O.ClH/c1-3-10-4-2-6-12-13(10)11(5-1)9-18-14(12)15-16-7-8-17-15;/h1-6,14H,7-9H2,(H,16,17);1H. The van der Waals surface area contributed by atoms with Crippen LogP contribution in [0.3, 0.4) is 0 Å². The van der Waals surface area contributed by atoms with Crippen molar-refractivity contribution in [1.82, 2.24) is 5.32 Å². The first-order valence-corrected chi connectivity index (χ1v) is 6.34. The molecule has 2 aromatic rings. The predicted molar refractivity (Wildman–Crippen MR) is 79.0 cm³/mol. The van der Waals surface area contributed by atoms with E-state index in [1.807, 2.05) is 0 Å². The fraction of sp³-hybridized carbons (Fsp3) is 0.267. The van der Waals surface area contributed by atoms with Crippen LogP contribution in [0, 0.1) is 0 Å². The number of nitrogens with one attached hydrogen (secondary N) is 1. The van der Waals surface area contributed by atoms with Crippen LogP contribution in [0.15, 0.2) is 41.4 Å². The molecule has 0 amide bonds. The largest absolute Gasteiger partial charge is 0.369 e. The molecule has 19 heavy (non-hydrogen) atoms. The SMILES string of the molecule is Cl.c1cc2c3c(cccc3c1)C(C1=NCCN1)OC2. The zero-order valence-corrected chi connectivity index (χ0v) is 11.2. The number of ether oxygens (including phenoxy) is 1. The molecule has 0 bridgehead atoms. The number of rotatable bonds is 1. The summed E-state index contributed by atoms with van der Waals surface area (Å²) in [5.74, 6) is 0.983. The number of hydrogen-bond donors (Lipinski definition) is 1. The first-order chi connectivity index (χ1) is 8.93. The highest BCUT2D eigenvalue weighted by molar-refractivity contribution is 5.97. The molecule has 0 fully saturated rings. The Balaban J connectivity index is 0.00000110. The van der Waals surface area contributed by atoms with Crippen molar-refractivity contribution in [3.63, 3.8) is 0 Å². The third-order valence-corrected chi connectivity index (χ3v) is 3.66. The normalized spacial score (nSPS) is 20.6. The third-order valence-electron chi connectivity index (χ3n) is 3.66.